The molecule has 1 aliphatic rings. The maximum atomic E-state index is 6.23. The Kier molecular flexibility index (Phi) is 5.13. The first-order valence-electron chi connectivity index (χ1n) is 6.74. The Morgan fingerprint density at radius 2 is 2.11 bits per heavy atom. The van der Waals surface area contributed by atoms with Gasteiger partial charge >= 0.3 is 0 Å². The van der Waals surface area contributed by atoms with Gasteiger partial charge in [-0.25, -0.2) is 0 Å². The molecule has 0 bridgehead atoms. The van der Waals surface area contributed by atoms with Crippen LogP contribution in [0, 0.1) is 5.41 Å². The van der Waals surface area contributed by atoms with Crippen molar-refractivity contribution < 1.29 is 4.74 Å². The van der Waals surface area contributed by atoms with Gasteiger partial charge < -0.3 is 10.1 Å². The number of ether oxygens (including phenoxy) is 1. The molecule has 0 spiro atoms. The molecule has 1 aromatic rings. The summed E-state index contributed by atoms with van der Waals surface area (Å²) in [5.41, 5.74) is 1.55. The molecule has 0 aliphatic heterocycles. The van der Waals surface area contributed by atoms with Crippen molar-refractivity contribution in [3.8, 4) is 0 Å². The van der Waals surface area contributed by atoms with E-state index in [1.54, 1.807) is 13.2 Å². The second-order valence-electron chi connectivity index (χ2n) is 5.51. The van der Waals surface area contributed by atoms with Crippen LogP contribution in [0.15, 0.2) is 18.2 Å². The van der Waals surface area contributed by atoms with Gasteiger partial charge in [0.05, 0.1) is 0 Å². The lowest BCUT2D eigenvalue weighted by molar-refractivity contribution is 0.170. The quantitative estimate of drug-likeness (QED) is 0.803. The summed E-state index contributed by atoms with van der Waals surface area (Å²) in [7, 11) is 1.76. The lowest BCUT2D eigenvalue weighted by Gasteiger charge is -2.21. The summed E-state index contributed by atoms with van der Waals surface area (Å²) in [4.78, 5) is 0. The van der Waals surface area contributed by atoms with Crippen molar-refractivity contribution in [3.05, 3.63) is 33.8 Å². The molecule has 1 unspecified atom stereocenters. The SMILES string of the molecule is COCCC1(CNC(C)c2ccc(Cl)cc2Cl)CC1. The summed E-state index contributed by atoms with van der Waals surface area (Å²) in [6.07, 6.45) is 3.73. The van der Waals surface area contributed by atoms with Crippen molar-refractivity contribution in [2.45, 2.75) is 32.2 Å². The number of hydrogen-bond donors (Lipinski definition) is 1. The molecule has 2 rings (SSSR count). The highest BCUT2D eigenvalue weighted by Gasteiger charge is 2.41. The highest BCUT2D eigenvalue weighted by molar-refractivity contribution is 6.35. The van der Waals surface area contributed by atoms with Crippen LogP contribution in [0.1, 0.15) is 37.8 Å². The predicted octanol–water partition coefficient (Wildman–Crippen LogP) is 4.46. The molecular weight excluding hydrogens is 281 g/mol. The van der Waals surface area contributed by atoms with E-state index in [2.05, 4.69) is 12.2 Å². The van der Waals surface area contributed by atoms with Gasteiger partial charge in [-0.3, -0.25) is 0 Å². The molecule has 0 aromatic heterocycles. The average molecular weight is 302 g/mol. The number of methoxy groups -OCH3 is 1. The normalized spacial score (nSPS) is 18.3. The summed E-state index contributed by atoms with van der Waals surface area (Å²) in [6, 6.07) is 5.93. The minimum Gasteiger partial charge on any atom is -0.385 e. The summed E-state index contributed by atoms with van der Waals surface area (Å²) in [5, 5.41) is 5.00. The summed E-state index contributed by atoms with van der Waals surface area (Å²) < 4.78 is 5.18. The van der Waals surface area contributed by atoms with Crippen LogP contribution in [0.25, 0.3) is 0 Å². The van der Waals surface area contributed by atoms with Crippen LogP contribution >= 0.6 is 23.2 Å². The van der Waals surface area contributed by atoms with E-state index >= 15 is 0 Å². The molecule has 2 nitrogen and oxygen atoms in total. The highest BCUT2D eigenvalue weighted by Crippen LogP contribution is 2.48. The summed E-state index contributed by atoms with van der Waals surface area (Å²) in [6.45, 7) is 4.01. The second-order valence-corrected chi connectivity index (χ2v) is 6.35. The molecule has 1 saturated carbocycles. The van der Waals surface area contributed by atoms with E-state index in [0.29, 0.717) is 10.4 Å². The zero-order chi connectivity index (χ0) is 13.9. The van der Waals surface area contributed by atoms with Crippen LogP contribution in [0.2, 0.25) is 10.0 Å². The molecule has 1 atom stereocenters. The van der Waals surface area contributed by atoms with E-state index in [4.69, 9.17) is 27.9 Å². The number of halogens is 2. The zero-order valence-electron chi connectivity index (χ0n) is 11.5. The number of hydrogen-bond acceptors (Lipinski definition) is 2. The Labute approximate surface area is 125 Å². The van der Waals surface area contributed by atoms with Crippen LogP contribution in [0.4, 0.5) is 0 Å². The number of nitrogens with one attached hydrogen (secondary N) is 1. The van der Waals surface area contributed by atoms with E-state index in [0.717, 1.165) is 30.2 Å². The standard InChI is InChI=1S/C15H21Cl2NO/c1-11(13-4-3-12(16)9-14(13)17)18-10-15(5-6-15)7-8-19-2/h3-4,9,11,18H,5-8,10H2,1-2H3. The molecule has 4 heteroatoms. The third-order valence-corrected chi connectivity index (χ3v) is 4.57. The first kappa shape index (κ1) is 15.1. The topological polar surface area (TPSA) is 21.3 Å². The van der Waals surface area contributed by atoms with Gasteiger partial charge in [-0.05, 0) is 49.3 Å². The summed E-state index contributed by atoms with van der Waals surface area (Å²) in [5.74, 6) is 0. The van der Waals surface area contributed by atoms with Gasteiger partial charge in [-0.2, -0.15) is 0 Å². The molecule has 1 N–H and O–H groups in total. The van der Waals surface area contributed by atoms with E-state index < -0.39 is 0 Å². The van der Waals surface area contributed by atoms with Gasteiger partial charge in [0.25, 0.3) is 0 Å². The second kappa shape index (κ2) is 6.45. The van der Waals surface area contributed by atoms with Gasteiger partial charge in [0.2, 0.25) is 0 Å². The van der Waals surface area contributed by atoms with Crippen molar-refractivity contribution >= 4 is 23.2 Å². The Balaban J connectivity index is 1.89. The molecular formula is C15H21Cl2NO. The first-order chi connectivity index (χ1) is 9.06. The van der Waals surface area contributed by atoms with Crippen molar-refractivity contribution in [1.29, 1.82) is 0 Å². The monoisotopic (exact) mass is 301 g/mol. The van der Waals surface area contributed by atoms with Crippen LogP contribution in [0.3, 0.4) is 0 Å². The molecule has 1 fully saturated rings. The van der Waals surface area contributed by atoms with Gasteiger partial charge in [-0.15, -0.1) is 0 Å². The van der Waals surface area contributed by atoms with E-state index in [1.165, 1.54) is 12.8 Å². The molecule has 0 saturated heterocycles. The predicted molar refractivity (Wildman–Crippen MR) is 81.0 cm³/mol. The van der Waals surface area contributed by atoms with E-state index in [1.807, 2.05) is 12.1 Å². The lowest BCUT2D eigenvalue weighted by Crippen LogP contribution is -2.27. The largest absolute Gasteiger partial charge is 0.385 e. The molecule has 0 amide bonds. The fourth-order valence-electron chi connectivity index (χ4n) is 2.34. The minimum absolute atomic E-state index is 0.241. The zero-order valence-corrected chi connectivity index (χ0v) is 13.0. The van der Waals surface area contributed by atoms with Gasteiger partial charge in [0.15, 0.2) is 0 Å². The van der Waals surface area contributed by atoms with Crippen molar-refractivity contribution in [1.82, 2.24) is 5.32 Å². The third-order valence-electron chi connectivity index (χ3n) is 4.01. The minimum atomic E-state index is 0.241. The van der Waals surface area contributed by atoms with Crippen LogP contribution in [-0.2, 0) is 4.74 Å². The lowest BCUT2D eigenvalue weighted by atomic mass is 10.0. The Morgan fingerprint density at radius 1 is 1.37 bits per heavy atom. The van der Waals surface area contributed by atoms with E-state index in [9.17, 15) is 0 Å². The van der Waals surface area contributed by atoms with Crippen LogP contribution in [-0.4, -0.2) is 20.3 Å². The van der Waals surface area contributed by atoms with Crippen molar-refractivity contribution in [2.24, 2.45) is 5.41 Å². The first-order valence-corrected chi connectivity index (χ1v) is 7.49. The maximum Gasteiger partial charge on any atom is 0.0468 e. The fourth-order valence-corrected chi connectivity index (χ4v) is 2.91. The average Bonchev–Trinajstić information content (AvgIpc) is 3.14. The Morgan fingerprint density at radius 3 is 2.68 bits per heavy atom. The molecule has 0 heterocycles. The van der Waals surface area contributed by atoms with Crippen LogP contribution in [0.5, 0.6) is 0 Å². The third kappa shape index (κ3) is 4.09. The maximum absolute atomic E-state index is 6.23. The van der Waals surface area contributed by atoms with E-state index in [-0.39, 0.29) is 6.04 Å². The number of benzene rings is 1. The van der Waals surface area contributed by atoms with Crippen LogP contribution < -0.4 is 5.32 Å². The summed E-state index contributed by atoms with van der Waals surface area (Å²) >= 11 is 12.1. The van der Waals surface area contributed by atoms with Gasteiger partial charge in [0, 0.05) is 36.3 Å². The van der Waals surface area contributed by atoms with Crippen molar-refractivity contribution in [2.75, 3.05) is 20.3 Å². The van der Waals surface area contributed by atoms with Gasteiger partial charge in [0.1, 0.15) is 0 Å². The fraction of sp³-hybridized carbons (Fsp3) is 0.600. The molecule has 19 heavy (non-hydrogen) atoms. The number of rotatable bonds is 7. The Bertz CT molecular complexity index is 432. The van der Waals surface area contributed by atoms with Crippen molar-refractivity contribution in [3.63, 3.8) is 0 Å². The molecule has 1 aliphatic carbocycles. The molecule has 1 aromatic carbocycles. The Hall–Kier alpha value is -0.280. The molecule has 0 radical (unpaired) electrons. The van der Waals surface area contributed by atoms with Gasteiger partial charge in [-0.1, -0.05) is 29.3 Å². The smallest absolute Gasteiger partial charge is 0.0468 e. The molecule has 106 valence electrons. The highest BCUT2D eigenvalue weighted by atomic mass is 35.5.